The molecule has 0 atom stereocenters. The van der Waals surface area contributed by atoms with Crippen molar-refractivity contribution in [2.75, 3.05) is 0 Å². The molecule has 0 aliphatic rings. The van der Waals surface area contributed by atoms with Gasteiger partial charge in [-0.3, -0.25) is 0 Å². The highest BCUT2D eigenvalue weighted by molar-refractivity contribution is 5.37. The van der Waals surface area contributed by atoms with Crippen LogP contribution in [0.5, 0.6) is 0 Å². The standard InChI is InChI=1S/C11H11F3/c1-3-5-9-8(2)6-4-7-10(9)11(12,13)14/h3-4,6-7H,1,5H2,2H3. The predicted molar refractivity (Wildman–Crippen MR) is 50.1 cm³/mol. The van der Waals surface area contributed by atoms with Crippen molar-refractivity contribution in [1.82, 2.24) is 0 Å². The second kappa shape index (κ2) is 3.86. The Morgan fingerprint density at radius 1 is 1.36 bits per heavy atom. The van der Waals surface area contributed by atoms with Crippen molar-refractivity contribution in [1.29, 1.82) is 0 Å². The highest BCUT2D eigenvalue weighted by Gasteiger charge is 2.33. The quantitative estimate of drug-likeness (QED) is 0.638. The van der Waals surface area contributed by atoms with E-state index in [1.807, 2.05) is 0 Å². The summed E-state index contributed by atoms with van der Waals surface area (Å²) in [7, 11) is 0. The lowest BCUT2D eigenvalue weighted by molar-refractivity contribution is -0.138. The summed E-state index contributed by atoms with van der Waals surface area (Å²) in [5.41, 5.74) is 0.409. The molecule has 0 fully saturated rings. The van der Waals surface area contributed by atoms with Crippen LogP contribution in [0.3, 0.4) is 0 Å². The van der Waals surface area contributed by atoms with Crippen molar-refractivity contribution in [3.63, 3.8) is 0 Å². The maximum atomic E-state index is 12.5. The fraction of sp³-hybridized carbons (Fsp3) is 0.273. The first-order valence-electron chi connectivity index (χ1n) is 4.23. The first kappa shape index (κ1) is 10.8. The number of hydrogen-bond donors (Lipinski definition) is 0. The lowest BCUT2D eigenvalue weighted by Crippen LogP contribution is -2.09. The number of halogens is 3. The number of aryl methyl sites for hydroxylation is 1. The van der Waals surface area contributed by atoms with Gasteiger partial charge in [0.15, 0.2) is 0 Å². The summed E-state index contributed by atoms with van der Waals surface area (Å²) >= 11 is 0. The van der Waals surface area contributed by atoms with E-state index in [9.17, 15) is 13.2 Å². The van der Waals surface area contributed by atoms with Crippen molar-refractivity contribution in [2.24, 2.45) is 0 Å². The van der Waals surface area contributed by atoms with E-state index in [0.29, 0.717) is 11.1 Å². The molecule has 1 aromatic carbocycles. The molecule has 0 amide bonds. The molecule has 0 heterocycles. The van der Waals surface area contributed by atoms with Crippen LogP contribution in [0.15, 0.2) is 30.9 Å². The van der Waals surface area contributed by atoms with E-state index in [0.717, 1.165) is 6.07 Å². The molecule has 3 heteroatoms. The Bertz CT molecular complexity index is 337. The van der Waals surface area contributed by atoms with Crippen molar-refractivity contribution in [3.8, 4) is 0 Å². The third-order valence-electron chi connectivity index (χ3n) is 2.06. The minimum atomic E-state index is -4.27. The highest BCUT2D eigenvalue weighted by Crippen LogP contribution is 2.33. The summed E-state index contributed by atoms with van der Waals surface area (Å²) in [6.45, 7) is 5.13. The van der Waals surface area contributed by atoms with Gasteiger partial charge in [-0.15, -0.1) is 6.58 Å². The molecular weight excluding hydrogens is 189 g/mol. The first-order chi connectivity index (χ1) is 6.46. The zero-order valence-corrected chi connectivity index (χ0v) is 7.86. The molecule has 0 nitrogen and oxygen atoms in total. The minimum Gasteiger partial charge on any atom is -0.166 e. The van der Waals surface area contributed by atoms with Gasteiger partial charge >= 0.3 is 6.18 Å². The monoisotopic (exact) mass is 200 g/mol. The summed E-state index contributed by atoms with van der Waals surface area (Å²) in [5.74, 6) is 0. The topological polar surface area (TPSA) is 0 Å². The van der Waals surface area contributed by atoms with Crippen LogP contribution in [-0.2, 0) is 12.6 Å². The van der Waals surface area contributed by atoms with Crippen LogP contribution in [0.1, 0.15) is 16.7 Å². The molecule has 0 aliphatic heterocycles. The van der Waals surface area contributed by atoms with E-state index in [1.54, 1.807) is 13.0 Å². The lowest BCUT2D eigenvalue weighted by Gasteiger charge is -2.13. The van der Waals surface area contributed by atoms with Crippen molar-refractivity contribution >= 4 is 0 Å². The normalized spacial score (nSPS) is 11.4. The minimum absolute atomic E-state index is 0.252. The molecule has 1 aromatic rings. The smallest absolute Gasteiger partial charge is 0.166 e. The molecule has 0 bridgehead atoms. The molecule has 14 heavy (non-hydrogen) atoms. The van der Waals surface area contributed by atoms with E-state index in [-0.39, 0.29) is 6.42 Å². The second-order valence-electron chi connectivity index (χ2n) is 3.09. The molecular formula is C11H11F3. The van der Waals surface area contributed by atoms with Crippen LogP contribution in [-0.4, -0.2) is 0 Å². The Labute approximate surface area is 81.1 Å². The second-order valence-corrected chi connectivity index (χ2v) is 3.09. The van der Waals surface area contributed by atoms with Crippen LogP contribution in [0, 0.1) is 6.92 Å². The van der Waals surface area contributed by atoms with Gasteiger partial charge in [-0.05, 0) is 30.5 Å². The molecule has 0 saturated heterocycles. The van der Waals surface area contributed by atoms with Crippen molar-refractivity contribution in [2.45, 2.75) is 19.5 Å². The number of benzene rings is 1. The number of rotatable bonds is 2. The molecule has 0 unspecified atom stereocenters. The molecule has 0 saturated carbocycles. The summed E-state index contributed by atoms with van der Waals surface area (Å²) in [4.78, 5) is 0. The number of alkyl halides is 3. The van der Waals surface area contributed by atoms with E-state index >= 15 is 0 Å². The van der Waals surface area contributed by atoms with Crippen molar-refractivity contribution < 1.29 is 13.2 Å². The van der Waals surface area contributed by atoms with Gasteiger partial charge in [-0.1, -0.05) is 18.2 Å². The van der Waals surface area contributed by atoms with Gasteiger partial charge < -0.3 is 0 Å². The predicted octanol–water partition coefficient (Wildman–Crippen LogP) is 3.74. The Hall–Kier alpha value is -1.25. The fourth-order valence-electron chi connectivity index (χ4n) is 1.38. The Morgan fingerprint density at radius 3 is 2.50 bits per heavy atom. The van der Waals surface area contributed by atoms with Gasteiger partial charge in [0.2, 0.25) is 0 Å². The molecule has 0 aromatic heterocycles. The zero-order valence-electron chi connectivity index (χ0n) is 7.86. The molecule has 0 spiro atoms. The summed E-state index contributed by atoms with van der Waals surface area (Å²) in [6, 6.07) is 4.20. The molecule has 1 rings (SSSR count). The first-order valence-corrected chi connectivity index (χ1v) is 4.23. The van der Waals surface area contributed by atoms with Gasteiger partial charge in [0.05, 0.1) is 5.56 Å². The van der Waals surface area contributed by atoms with E-state index in [4.69, 9.17) is 0 Å². The van der Waals surface area contributed by atoms with Crippen LogP contribution >= 0.6 is 0 Å². The van der Waals surface area contributed by atoms with Crippen molar-refractivity contribution in [3.05, 3.63) is 47.5 Å². The number of allylic oxidation sites excluding steroid dienone is 1. The van der Waals surface area contributed by atoms with E-state index in [1.165, 1.54) is 12.1 Å². The average molecular weight is 200 g/mol. The summed E-state index contributed by atoms with van der Waals surface area (Å²) in [5, 5.41) is 0. The lowest BCUT2D eigenvalue weighted by atomic mass is 9.99. The summed E-state index contributed by atoms with van der Waals surface area (Å²) < 4.78 is 37.6. The van der Waals surface area contributed by atoms with Crippen LogP contribution < -0.4 is 0 Å². The van der Waals surface area contributed by atoms with Gasteiger partial charge in [0, 0.05) is 0 Å². The largest absolute Gasteiger partial charge is 0.416 e. The molecule has 76 valence electrons. The van der Waals surface area contributed by atoms with Crippen LogP contribution in [0.25, 0.3) is 0 Å². The highest BCUT2D eigenvalue weighted by atomic mass is 19.4. The maximum absolute atomic E-state index is 12.5. The van der Waals surface area contributed by atoms with Gasteiger partial charge in [-0.2, -0.15) is 13.2 Å². The SMILES string of the molecule is C=CCc1c(C)cccc1C(F)(F)F. The van der Waals surface area contributed by atoms with Gasteiger partial charge in [0.1, 0.15) is 0 Å². The van der Waals surface area contributed by atoms with E-state index in [2.05, 4.69) is 6.58 Å². The van der Waals surface area contributed by atoms with Crippen LogP contribution in [0.4, 0.5) is 13.2 Å². The van der Waals surface area contributed by atoms with Crippen LogP contribution in [0.2, 0.25) is 0 Å². The Balaban J connectivity index is 3.28. The number of hydrogen-bond acceptors (Lipinski definition) is 0. The fourth-order valence-corrected chi connectivity index (χ4v) is 1.38. The average Bonchev–Trinajstić information content (AvgIpc) is 2.07. The van der Waals surface area contributed by atoms with E-state index < -0.39 is 11.7 Å². The molecule has 0 N–H and O–H groups in total. The molecule has 0 radical (unpaired) electrons. The van der Waals surface area contributed by atoms with Gasteiger partial charge in [-0.25, -0.2) is 0 Å². The Kier molecular flexibility index (Phi) is 2.99. The summed E-state index contributed by atoms with van der Waals surface area (Å²) in [6.07, 6.45) is -2.54. The molecule has 0 aliphatic carbocycles. The van der Waals surface area contributed by atoms with Gasteiger partial charge in [0.25, 0.3) is 0 Å². The third kappa shape index (κ3) is 2.16. The Morgan fingerprint density at radius 2 is 2.00 bits per heavy atom. The zero-order chi connectivity index (χ0) is 10.8. The maximum Gasteiger partial charge on any atom is 0.416 e. The third-order valence-corrected chi connectivity index (χ3v) is 2.06.